The van der Waals surface area contributed by atoms with Crippen molar-refractivity contribution in [2.45, 2.75) is 52.6 Å². The van der Waals surface area contributed by atoms with Gasteiger partial charge in [0, 0.05) is 12.1 Å². The molecule has 1 rings (SSSR count). The molecule has 0 aromatic rings. The molecule has 56 valence electrons. The van der Waals surface area contributed by atoms with Crippen molar-refractivity contribution in [1.29, 1.82) is 0 Å². The molecule has 0 saturated heterocycles. The topological polar surface area (TPSA) is 12.0 Å². The number of nitrogens with one attached hydrogen (secondary N) is 1. The average Bonchev–Trinajstić information content (AvgIpc) is 2.55. The zero-order valence-electron chi connectivity index (χ0n) is 7.07. The molecule has 1 N–H and O–H groups in total. The summed E-state index contributed by atoms with van der Waals surface area (Å²) in [5, 5.41) is 3.42. The van der Waals surface area contributed by atoms with Gasteiger partial charge in [-0.05, 0) is 12.8 Å². The van der Waals surface area contributed by atoms with Crippen molar-refractivity contribution < 1.29 is 0 Å². The van der Waals surface area contributed by atoms with E-state index in [1.165, 1.54) is 12.8 Å². The zero-order chi connectivity index (χ0) is 7.28. The van der Waals surface area contributed by atoms with Crippen molar-refractivity contribution in [3.63, 3.8) is 0 Å². The van der Waals surface area contributed by atoms with Crippen LogP contribution in [0.1, 0.15) is 40.5 Å². The van der Waals surface area contributed by atoms with Crippen LogP contribution >= 0.6 is 0 Å². The molecule has 1 nitrogen and oxygen atoms in total. The Hall–Kier alpha value is -0.0400. The second-order valence-electron chi connectivity index (χ2n) is 2.60. The summed E-state index contributed by atoms with van der Waals surface area (Å²) in [6.45, 7) is 8.39. The SMILES string of the molecule is CC.CC(C)NC1CC1. The van der Waals surface area contributed by atoms with Crippen LogP contribution in [-0.4, -0.2) is 12.1 Å². The van der Waals surface area contributed by atoms with Crippen LogP contribution in [-0.2, 0) is 0 Å². The van der Waals surface area contributed by atoms with Crippen LogP contribution in [0.25, 0.3) is 0 Å². The van der Waals surface area contributed by atoms with Crippen LogP contribution < -0.4 is 5.32 Å². The minimum Gasteiger partial charge on any atom is -0.312 e. The lowest BCUT2D eigenvalue weighted by Gasteiger charge is -2.03. The molecule has 0 aromatic carbocycles. The Labute approximate surface area is 58.8 Å². The maximum Gasteiger partial charge on any atom is 0.00705 e. The van der Waals surface area contributed by atoms with Crippen molar-refractivity contribution in [1.82, 2.24) is 5.32 Å². The second kappa shape index (κ2) is 4.80. The van der Waals surface area contributed by atoms with Gasteiger partial charge in [0.1, 0.15) is 0 Å². The third-order valence-electron chi connectivity index (χ3n) is 1.15. The third-order valence-corrected chi connectivity index (χ3v) is 1.15. The molecule has 0 heterocycles. The smallest absolute Gasteiger partial charge is 0.00705 e. The van der Waals surface area contributed by atoms with Gasteiger partial charge in [-0.15, -0.1) is 0 Å². The molecule has 0 amide bonds. The van der Waals surface area contributed by atoms with Crippen molar-refractivity contribution >= 4 is 0 Å². The molecule has 1 aliphatic rings. The first-order valence-corrected chi connectivity index (χ1v) is 4.05. The highest BCUT2D eigenvalue weighted by Crippen LogP contribution is 2.18. The van der Waals surface area contributed by atoms with E-state index in [1.807, 2.05) is 13.8 Å². The van der Waals surface area contributed by atoms with Crippen molar-refractivity contribution in [3.05, 3.63) is 0 Å². The molecular weight excluding hydrogens is 110 g/mol. The summed E-state index contributed by atoms with van der Waals surface area (Å²) < 4.78 is 0. The Bertz CT molecular complexity index is 55.6. The van der Waals surface area contributed by atoms with E-state index in [0.717, 1.165) is 6.04 Å². The van der Waals surface area contributed by atoms with E-state index in [9.17, 15) is 0 Å². The molecule has 0 radical (unpaired) electrons. The first-order chi connectivity index (χ1) is 4.29. The Balaban J connectivity index is 0.000000291. The minimum atomic E-state index is 0.688. The van der Waals surface area contributed by atoms with Gasteiger partial charge in [-0.1, -0.05) is 27.7 Å². The molecule has 1 saturated carbocycles. The lowest BCUT2D eigenvalue weighted by Crippen LogP contribution is -2.24. The normalized spacial score (nSPS) is 17.0. The van der Waals surface area contributed by atoms with Crippen LogP contribution in [0.3, 0.4) is 0 Å². The zero-order valence-corrected chi connectivity index (χ0v) is 7.07. The van der Waals surface area contributed by atoms with E-state index >= 15 is 0 Å². The Morgan fingerprint density at radius 3 is 1.78 bits per heavy atom. The van der Waals surface area contributed by atoms with E-state index < -0.39 is 0 Å². The highest BCUT2D eigenvalue weighted by Gasteiger charge is 2.20. The molecule has 9 heavy (non-hydrogen) atoms. The maximum atomic E-state index is 3.42. The van der Waals surface area contributed by atoms with Gasteiger partial charge in [0.25, 0.3) is 0 Å². The lowest BCUT2D eigenvalue weighted by molar-refractivity contribution is 0.585. The van der Waals surface area contributed by atoms with E-state index in [1.54, 1.807) is 0 Å². The Morgan fingerprint density at radius 1 is 1.22 bits per heavy atom. The summed E-state index contributed by atoms with van der Waals surface area (Å²) in [6.07, 6.45) is 2.80. The van der Waals surface area contributed by atoms with Gasteiger partial charge in [0.15, 0.2) is 0 Å². The summed E-state index contributed by atoms with van der Waals surface area (Å²) in [4.78, 5) is 0. The minimum absolute atomic E-state index is 0.688. The van der Waals surface area contributed by atoms with Crippen LogP contribution in [0, 0.1) is 0 Å². The molecule has 1 heteroatoms. The van der Waals surface area contributed by atoms with Crippen LogP contribution in [0.2, 0.25) is 0 Å². The molecule has 0 aliphatic heterocycles. The van der Waals surface area contributed by atoms with Crippen LogP contribution in [0.15, 0.2) is 0 Å². The average molecular weight is 129 g/mol. The van der Waals surface area contributed by atoms with Crippen LogP contribution in [0.5, 0.6) is 0 Å². The summed E-state index contributed by atoms with van der Waals surface area (Å²) in [5.74, 6) is 0. The van der Waals surface area contributed by atoms with Gasteiger partial charge in [-0.25, -0.2) is 0 Å². The molecule has 0 aromatic heterocycles. The maximum absolute atomic E-state index is 3.42. The Kier molecular flexibility index (Phi) is 4.78. The quantitative estimate of drug-likeness (QED) is 0.602. The summed E-state index contributed by atoms with van der Waals surface area (Å²) in [6, 6.07) is 1.56. The molecular formula is C8H19N. The largest absolute Gasteiger partial charge is 0.312 e. The van der Waals surface area contributed by atoms with Crippen molar-refractivity contribution in [2.24, 2.45) is 0 Å². The van der Waals surface area contributed by atoms with Gasteiger partial charge in [0.2, 0.25) is 0 Å². The molecule has 0 spiro atoms. The summed E-state index contributed by atoms with van der Waals surface area (Å²) in [5.41, 5.74) is 0. The fourth-order valence-corrected chi connectivity index (χ4v) is 0.721. The van der Waals surface area contributed by atoms with Crippen molar-refractivity contribution in [3.8, 4) is 0 Å². The highest BCUT2D eigenvalue weighted by molar-refractivity contribution is 4.81. The lowest BCUT2D eigenvalue weighted by atomic mass is 10.4. The van der Waals surface area contributed by atoms with Gasteiger partial charge in [-0.3, -0.25) is 0 Å². The number of hydrogen-bond acceptors (Lipinski definition) is 1. The number of hydrogen-bond donors (Lipinski definition) is 1. The number of rotatable bonds is 2. The Morgan fingerprint density at radius 2 is 1.67 bits per heavy atom. The van der Waals surface area contributed by atoms with E-state index in [-0.39, 0.29) is 0 Å². The van der Waals surface area contributed by atoms with E-state index in [0.29, 0.717) is 6.04 Å². The van der Waals surface area contributed by atoms with Gasteiger partial charge >= 0.3 is 0 Å². The standard InChI is InChI=1S/C6H13N.C2H6/c1-5(2)7-6-3-4-6;1-2/h5-7H,3-4H2,1-2H3;1-2H3. The van der Waals surface area contributed by atoms with Crippen LogP contribution in [0.4, 0.5) is 0 Å². The molecule has 0 atom stereocenters. The molecule has 1 aliphatic carbocycles. The van der Waals surface area contributed by atoms with Crippen molar-refractivity contribution in [2.75, 3.05) is 0 Å². The predicted molar refractivity (Wildman–Crippen MR) is 42.6 cm³/mol. The molecule has 1 fully saturated rings. The summed E-state index contributed by atoms with van der Waals surface area (Å²) >= 11 is 0. The van der Waals surface area contributed by atoms with Gasteiger partial charge in [-0.2, -0.15) is 0 Å². The van der Waals surface area contributed by atoms with Gasteiger partial charge in [0.05, 0.1) is 0 Å². The molecule has 0 bridgehead atoms. The highest BCUT2D eigenvalue weighted by atomic mass is 15.0. The predicted octanol–water partition coefficient (Wildman–Crippen LogP) is 2.17. The first-order valence-electron chi connectivity index (χ1n) is 4.05. The van der Waals surface area contributed by atoms with E-state index in [4.69, 9.17) is 0 Å². The fourth-order valence-electron chi connectivity index (χ4n) is 0.721. The van der Waals surface area contributed by atoms with Gasteiger partial charge < -0.3 is 5.32 Å². The summed E-state index contributed by atoms with van der Waals surface area (Å²) in [7, 11) is 0. The third kappa shape index (κ3) is 5.84. The van der Waals surface area contributed by atoms with E-state index in [2.05, 4.69) is 19.2 Å². The second-order valence-corrected chi connectivity index (χ2v) is 2.60. The molecule has 0 unspecified atom stereocenters. The fraction of sp³-hybridized carbons (Fsp3) is 1.00. The first kappa shape index (κ1) is 8.96. The monoisotopic (exact) mass is 129 g/mol.